The van der Waals surface area contributed by atoms with Crippen LogP contribution < -0.4 is 0 Å². The van der Waals surface area contributed by atoms with Crippen LogP contribution >= 0.6 is 11.3 Å². The molecule has 5 heteroatoms. The third-order valence-corrected chi connectivity index (χ3v) is 5.85. The Labute approximate surface area is 152 Å². The van der Waals surface area contributed by atoms with E-state index in [2.05, 4.69) is 57.4 Å². The Balaban J connectivity index is 1.74. The Kier molecular flexibility index (Phi) is 2.73. The predicted molar refractivity (Wildman–Crippen MR) is 108 cm³/mol. The van der Waals surface area contributed by atoms with E-state index < -0.39 is 0 Å². The number of hydrogen-bond acceptors (Lipinski definition) is 4. The smallest absolute Gasteiger partial charge is 0.148 e. The fourth-order valence-corrected chi connectivity index (χ4v) is 4.57. The van der Waals surface area contributed by atoms with E-state index in [-0.39, 0.29) is 0 Å². The molecule has 0 spiro atoms. The lowest BCUT2D eigenvalue weighted by molar-refractivity contribution is 1.36. The van der Waals surface area contributed by atoms with Crippen molar-refractivity contribution in [2.75, 3.05) is 0 Å². The van der Waals surface area contributed by atoms with Gasteiger partial charge in [0.25, 0.3) is 0 Å². The number of rotatable bonds is 1. The SMILES string of the molecule is c1ccc2sc(-c3nc4c5cccnc5c5ncccc5c4[nH]3)cc2c1. The van der Waals surface area contributed by atoms with Crippen molar-refractivity contribution < 1.29 is 0 Å². The van der Waals surface area contributed by atoms with Crippen molar-refractivity contribution in [1.82, 2.24) is 19.9 Å². The van der Waals surface area contributed by atoms with Crippen molar-refractivity contribution in [3.63, 3.8) is 0 Å². The lowest BCUT2D eigenvalue weighted by atomic mass is 10.1. The summed E-state index contributed by atoms with van der Waals surface area (Å²) in [6.07, 6.45) is 3.62. The second-order valence-corrected chi connectivity index (χ2v) is 7.34. The summed E-state index contributed by atoms with van der Waals surface area (Å²) in [6, 6.07) is 18.6. The molecule has 0 unspecified atom stereocenters. The summed E-state index contributed by atoms with van der Waals surface area (Å²) in [5.74, 6) is 0.891. The zero-order valence-electron chi connectivity index (χ0n) is 13.6. The van der Waals surface area contributed by atoms with E-state index in [1.807, 2.05) is 24.5 Å². The summed E-state index contributed by atoms with van der Waals surface area (Å²) in [7, 11) is 0. The van der Waals surface area contributed by atoms with Crippen molar-refractivity contribution in [2.45, 2.75) is 0 Å². The van der Waals surface area contributed by atoms with Crippen LogP contribution in [0.2, 0.25) is 0 Å². The zero-order valence-corrected chi connectivity index (χ0v) is 14.4. The average molecular weight is 352 g/mol. The monoisotopic (exact) mass is 352 g/mol. The van der Waals surface area contributed by atoms with E-state index in [1.165, 1.54) is 10.1 Å². The molecule has 0 atom stereocenters. The van der Waals surface area contributed by atoms with Crippen LogP contribution in [0.15, 0.2) is 67.0 Å². The van der Waals surface area contributed by atoms with Gasteiger partial charge in [0, 0.05) is 27.9 Å². The molecule has 26 heavy (non-hydrogen) atoms. The molecule has 6 rings (SSSR count). The molecule has 6 aromatic rings. The second-order valence-electron chi connectivity index (χ2n) is 6.26. The zero-order chi connectivity index (χ0) is 17.1. The minimum atomic E-state index is 0.891. The van der Waals surface area contributed by atoms with E-state index in [9.17, 15) is 0 Å². The molecule has 0 saturated carbocycles. The van der Waals surface area contributed by atoms with Crippen LogP contribution in [0.4, 0.5) is 0 Å². The standard InChI is InChI=1S/C21H12N4S/c1-2-8-15-12(5-1)11-16(26-15)21-24-19-13-6-3-9-22-17(13)18-14(20(19)25-21)7-4-10-23-18/h1-11H,(H,24,25). The van der Waals surface area contributed by atoms with Crippen molar-refractivity contribution in [1.29, 1.82) is 0 Å². The van der Waals surface area contributed by atoms with Gasteiger partial charge in [-0.3, -0.25) is 9.97 Å². The van der Waals surface area contributed by atoms with E-state index in [1.54, 1.807) is 11.3 Å². The lowest BCUT2D eigenvalue weighted by Crippen LogP contribution is -1.86. The Morgan fingerprint density at radius 2 is 1.54 bits per heavy atom. The molecule has 0 radical (unpaired) electrons. The summed E-state index contributed by atoms with van der Waals surface area (Å²) in [6.45, 7) is 0. The highest BCUT2D eigenvalue weighted by Gasteiger charge is 2.16. The molecular formula is C21H12N4S. The highest BCUT2D eigenvalue weighted by Crippen LogP contribution is 2.36. The minimum Gasteiger partial charge on any atom is -0.337 e. The quantitative estimate of drug-likeness (QED) is 0.395. The van der Waals surface area contributed by atoms with Crippen LogP contribution in [0.1, 0.15) is 0 Å². The summed E-state index contributed by atoms with van der Waals surface area (Å²) < 4.78 is 1.26. The van der Waals surface area contributed by atoms with Gasteiger partial charge in [-0.05, 0) is 41.8 Å². The second kappa shape index (κ2) is 5.09. The summed E-state index contributed by atoms with van der Waals surface area (Å²) in [5.41, 5.74) is 3.76. The number of hydrogen-bond donors (Lipinski definition) is 1. The van der Waals surface area contributed by atoms with Gasteiger partial charge < -0.3 is 4.98 Å². The largest absolute Gasteiger partial charge is 0.337 e. The maximum atomic E-state index is 4.94. The number of thiophene rings is 1. The van der Waals surface area contributed by atoms with E-state index in [4.69, 9.17) is 4.98 Å². The normalized spacial score (nSPS) is 11.8. The Morgan fingerprint density at radius 3 is 2.38 bits per heavy atom. The van der Waals surface area contributed by atoms with E-state index >= 15 is 0 Å². The maximum Gasteiger partial charge on any atom is 0.148 e. The fraction of sp³-hybridized carbons (Fsp3) is 0. The molecule has 0 saturated heterocycles. The van der Waals surface area contributed by atoms with Crippen molar-refractivity contribution >= 4 is 54.3 Å². The van der Waals surface area contributed by atoms with Crippen LogP contribution in [0, 0.1) is 0 Å². The number of H-pyrrole nitrogens is 1. The van der Waals surface area contributed by atoms with Crippen LogP contribution in [-0.4, -0.2) is 19.9 Å². The van der Waals surface area contributed by atoms with E-state index in [0.29, 0.717) is 0 Å². The number of fused-ring (bicyclic) bond motifs is 7. The van der Waals surface area contributed by atoms with Crippen LogP contribution in [-0.2, 0) is 0 Å². The first-order chi connectivity index (χ1) is 12.9. The van der Waals surface area contributed by atoms with Crippen LogP contribution in [0.3, 0.4) is 0 Å². The maximum absolute atomic E-state index is 4.94. The number of pyridine rings is 2. The third-order valence-electron chi connectivity index (χ3n) is 4.73. The van der Waals surface area contributed by atoms with Crippen molar-refractivity contribution in [3.05, 3.63) is 67.0 Å². The summed E-state index contributed by atoms with van der Waals surface area (Å²) >= 11 is 1.75. The van der Waals surface area contributed by atoms with Gasteiger partial charge in [0.2, 0.25) is 0 Å². The molecule has 0 aliphatic heterocycles. The molecule has 1 N–H and O–H groups in total. The molecule has 122 valence electrons. The van der Waals surface area contributed by atoms with E-state index in [0.717, 1.165) is 43.5 Å². The molecular weight excluding hydrogens is 340 g/mol. The van der Waals surface area contributed by atoms with Gasteiger partial charge in [-0.25, -0.2) is 4.98 Å². The van der Waals surface area contributed by atoms with Gasteiger partial charge in [-0.2, -0.15) is 0 Å². The van der Waals surface area contributed by atoms with Crippen molar-refractivity contribution in [3.8, 4) is 10.7 Å². The molecule has 4 heterocycles. The van der Waals surface area contributed by atoms with Gasteiger partial charge in [0.05, 0.1) is 26.9 Å². The van der Waals surface area contributed by atoms with Crippen LogP contribution in [0.25, 0.3) is 53.6 Å². The first kappa shape index (κ1) is 13.9. The average Bonchev–Trinajstić information content (AvgIpc) is 3.33. The molecule has 0 bridgehead atoms. The fourth-order valence-electron chi connectivity index (χ4n) is 3.56. The number of imidazole rings is 1. The first-order valence-corrected chi connectivity index (χ1v) is 9.20. The first-order valence-electron chi connectivity index (χ1n) is 8.38. The number of nitrogens with one attached hydrogen (secondary N) is 1. The summed E-state index contributed by atoms with van der Waals surface area (Å²) in [4.78, 5) is 18.7. The van der Waals surface area contributed by atoms with Gasteiger partial charge in [0.15, 0.2) is 0 Å². The predicted octanol–water partition coefficient (Wildman–Crippen LogP) is 5.54. The number of aromatic nitrogens is 4. The topological polar surface area (TPSA) is 54.5 Å². The Morgan fingerprint density at radius 1 is 0.769 bits per heavy atom. The summed E-state index contributed by atoms with van der Waals surface area (Å²) in [5, 5.41) is 3.32. The molecule has 4 aromatic heterocycles. The number of aromatic amines is 1. The third kappa shape index (κ3) is 1.86. The molecule has 0 amide bonds. The van der Waals surface area contributed by atoms with Gasteiger partial charge in [-0.1, -0.05) is 18.2 Å². The number of benzene rings is 2. The van der Waals surface area contributed by atoms with Gasteiger partial charge in [0.1, 0.15) is 5.82 Å². The highest BCUT2D eigenvalue weighted by atomic mass is 32.1. The molecule has 4 nitrogen and oxygen atoms in total. The Bertz CT molecular complexity index is 1340. The van der Waals surface area contributed by atoms with Gasteiger partial charge in [-0.15, -0.1) is 11.3 Å². The Hall–Kier alpha value is -3.31. The molecule has 0 fully saturated rings. The minimum absolute atomic E-state index is 0.891. The molecule has 0 aliphatic rings. The molecule has 0 aliphatic carbocycles. The van der Waals surface area contributed by atoms with Crippen LogP contribution in [0.5, 0.6) is 0 Å². The molecule has 2 aromatic carbocycles. The van der Waals surface area contributed by atoms with Crippen molar-refractivity contribution in [2.24, 2.45) is 0 Å². The highest BCUT2D eigenvalue weighted by molar-refractivity contribution is 7.22. The lowest BCUT2D eigenvalue weighted by Gasteiger charge is -2.03. The number of nitrogens with zero attached hydrogens (tertiary/aromatic N) is 3. The van der Waals surface area contributed by atoms with Gasteiger partial charge >= 0.3 is 0 Å².